The molecule has 0 bridgehead atoms. The Morgan fingerprint density at radius 1 is 0.421 bits per heavy atom. The molecule has 2 aliphatic heterocycles. The van der Waals surface area contributed by atoms with Gasteiger partial charge in [-0.15, -0.1) is 0 Å². The molecule has 2 aliphatic carbocycles. The molecular formula is C54H57BN2. The number of aryl methyl sites for hydroxylation is 2. The van der Waals surface area contributed by atoms with Gasteiger partial charge in [0.1, 0.15) is 0 Å². The summed E-state index contributed by atoms with van der Waals surface area (Å²) in [7, 11) is 0. The van der Waals surface area contributed by atoms with Crippen molar-refractivity contribution in [3.8, 4) is 11.1 Å². The standard InChI is InChI=1S/C54H57BN2/c1-34-20-23-46-43(28-34)55-44-32-41-42(54(9,10)27-26-53(41,7)8)33-47(44)56(37-21-22-39-40(31-37)52(5,6)25-24-51(39,3)4)48-29-35(2)30-49(50(48)55)57(46)45-19-15-14-18-38(45)36-16-12-11-13-17-36/h11-23,28-33H,24-27H2,1-10H3. The molecule has 0 N–H and O–H groups in total. The highest BCUT2D eigenvalue weighted by atomic mass is 15.2. The van der Waals surface area contributed by atoms with Crippen molar-refractivity contribution in [1.29, 1.82) is 0 Å². The zero-order valence-electron chi connectivity index (χ0n) is 35.8. The summed E-state index contributed by atoms with van der Waals surface area (Å²) in [6, 6.07) is 44.9. The van der Waals surface area contributed by atoms with Crippen LogP contribution in [0, 0.1) is 13.8 Å². The van der Waals surface area contributed by atoms with E-state index in [4.69, 9.17) is 0 Å². The fraction of sp³-hybridized carbons (Fsp3) is 0.333. The van der Waals surface area contributed by atoms with E-state index in [-0.39, 0.29) is 28.4 Å². The molecule has 6 aromatic carbocycles. The first-order valence-electron chi connectivity index (χ1n) is 21.4. The molecule has 0 atom stereocenters. The molecule has 57 heavy (non-hydrogen) atoms. The van der Waals surface area contributed by atoms with E-state index in [9.17, 15) is 0 Å². The zero-order chi connectivity index (χ0) is 39.8. The largest absolute Gasteiger partial charge is 0.311 e. The Morgan fingerprint density at radius 3 is 1.67 bits per heavy atom. The van der Waals surface area contributed by atoms with Crippen molar-refractivity contribution < 1.29 is 0 Å². The highest BCUT2D eigenvalue weighted by Crippen LogP contribution is 2.53. The van der Waals surface area contributed by atoms with Gasteiger partial charge >= 0.3 is 0 Å². The molecule has 0 radical (unpaired) electrons. The summed E-state index contributed by atoms with van der Waals surface area (Å²) in [6.45, 7) is 24.4. The highest BCUT2D eigenvalue weighted by molar-refractivity contribution is 7.00. The fourth-order valence-corrected chi connectivity index (χ4v) is 11.1. The van der Waals surface area contributed by atoms with Crippen LogP contribution in [-0.2, 0) is 21.7 Å². The van der Waals surface area contributed by atoms with Crippen LogP contribution in [0.1, 0.15) is 114 Å². The molecule has 6 aromatic rings. The lowest BCUT2D eigenvalue weighted by atomic mass is 9.33. The molecule has 0 fully saturated rings. The summed E-state index contributed by atoms with van der Waals surface area (Å²) in [4.78, 5) is 5.27. The number of para-hydroxylation sites is 1. The number of hydrogen-bond donors (Lipinski definition) is 0. The van der Waals surface area contributed by atoms with Gasteiger partial charge in [-0.3, -0.25) is 0 Å². The molecule has 0 aromatic heterocycles. The second kappa shape index (κ2) is 12.2. The molecule has 2 nitrogen and oxygen atoms in total. The van der Waals surface area contributed by atoms with Crippen molar-refractivity contribution in [3.05, 3.63) is 149 Å². The van der Waals surface area contributed by atoms with Crippen molar-refractivity contribution in [2.24, 2.45) is 0 Å². The van der Waals surface area contributed by atoms with Gasteiger partial charge in [0.15, 0.2) is 0 Å². The van der Waals surface area contributed by atoms with E-state index in [1.165, 1.54) is 121 Å². The lowest BCUT2D eigenvalue weighted by Gasteiger charge is -2.48. The summed E-state index contributed by atoms with van der Waals surface area (Å²) in [5.74, 6) is 0. The minimum Gasteiger partial charge on any atom is -0.311 e. The number of rotatable bonds is 3. The Balaban J connectivity index is 1.32. The van der Waals surface area contributed by atoms with E-state index in [1.54, 1.807) is 0 Å². The SMILES string of the molecule is Cc1ccc2c(c1)B1c3cc4c(cc3N(c3ccc5c(c3)C(C)(C)CCC5(C)C)c3cc(C)cc(c31)N2c1ccccc1-c1ccccc1)C(C)(C)CCC4(C)C. The number of fused-ring (bicyclic) bond motifs is 6. The number of hydrogen-bond acceptors (Lipinski definition) is 2. The average molecular weight is 745 g/mol. The van der Waals surface area contributed by atoms with Crippen LogP contribution in [-0.4, -0.2) is 6.71 Å². The van der Waals surface area contributed by atoms with E-state index in [0.717, 1.165) is 0 Å². The Morgan fingerprint density at radius 2 is 0.982 bits per heavy atom. The molecular weight excluding hydrogens is 687 g/mol. The van der Waals surface area contributed by atoms with Crippen molar-refractivity contribution >= 4 is 57.2 Å². The van der Waals surface area contributed by atoms with Gasteiger partial charge in [-0.05, 0) is 153 Å². The molecule has 0 unspecified atom stereocenters. The highest BCUT2D eigenvalue weighted by Gasteiger charge is 2.47. The van der Waals surface area contributed by atoms with Gasteiger partial charge in [-0.1, -0.05) is 134 Å². The third-order valence-electron chi connectivity index (χ3n) is 14.7. The second-order valence-corrected chi connectivity index (χ2v) is 20.5. The third-order valence-corrected chi connectivity index (χ3v) is 14.7. The van der Waals surface area contributed by atoms with Crippen LogP contribution in [0.4, 0.5) is 34.1 Å². The summed E-state index contributed by atoms with van der Waals surface area (Å²) < 4.78 is 0. The van der Waals surface area contributed by atoms with Gasteiger partial charge < -0.3 is 9.80 Å². The summed E-state index contributed by atoms with van der Waals surface area (Å²) in [5.41, 5.74) is 23.4. The maximum Gasteiger partial charge on any atom is 0.252 e. The number of anilines is 6. The van der Waals surface area contributed by atoms with Crippen LogP contribution < -0.4 is 26.2 Å². The Hall–Kier alpha value is -5.02. The molecule has 2 heterocycles. The molecule has 0 saturated heterocycles. The fourth-order valence-electron chi connectivity index (χ4n) is 11.1. The van der Waals surface area contributed by atoms with Gasteiger partial charge in [0.05, 0.1) is 5.69 Å². The predicted octanol–water partition coefficient (Wildman–Crippen LogP) is 12.8. The van der Waals surface area contributed by atoms with Gasteiger partial charge in [-0.2, -0.15) is 0 Å². The van der Waals surface area contributed by atoms with E-state index in [1.807, 2.05) is 0 Å². The van der Waals surface area contributed by atoms with Gasteiger partial charge in [0.2, 0.25) is 0 Å². The van der Waals surface area contributed by atoms with Gasteiger partial charge in [0, 0.05) is 34.0 Å². The Kier molecular flexibility index (Phi) is 7.81. The van der Waals surface area contributed by atoms with Crippen molar-refractivity contribution in [2.75, 3.05) is 9.80 Å². The monoisotopic (exact) mass is 744 g/mol. The summed E-state index contributed by atoms with van der Waals surface area (Å²) in [6.07, 6.45) is 4.78. The lowest BCUT2D eigenvalue weighted by Crippen LogP contribution is -2.62. The minimum absolute atomic E-state index is 0.0878. The van der Waals surface area contributed by atoms with Gasteiger partial charge in [-0.25, -0.2) is 0 Å². The van der Waals surface area contributed by atoms with Crippen molar-refractivity contribution in [1.82, 2.24) is 0 Å². The first kappa shape index (κ1) is 36.3. The van der Waals surface area contributed by atoms with Crippen molar-refractivity contribution in [2.45, 2.75) is 117 Å². The molecule has 286 valence electrons. The Bertz CT molecular complexity index is 2630. The lowest BCUT2D eigenvalue weighted by molar-refractivity contribution is 0.332. The molecule has 0 spiro atoms. The van der Waals surface area contributed by atoms with Crippen molar-refractivity contribution in [3.63, 3.8) is 0 Å². The maximum atomic E-state index is 2.68. The molecule has 0 amide bonds. The maximum absolute atomic E-state index is 2.68. The van der Waals surface area contributed by atoms with E-state index >= 15 is 0 Å². The van der Waals surface area contributed by atoms with Crippen LogP contribution in [0.3, 0.4) is 0 Å². The first-order valence-corrected chi connectivity index (χ1v) is 21.4. The molecule has 10 rings (SSSR count). The second-order valence-electron chi connectivity index (χ2n) is 20.5. The van der Waals surface area contributed by atoms with Gasteiger partial charge in [0.25, 0.3) is 6.71 Å². The van der Waals surface area contributed by atoms with Crippen LogP contribution in [0.25, 0.3) is 11.1 Å². The van der Waals surface area contributed by atoms with Crippen LogP contribution in [0.2, 0.25) is 0 Å². The minimum atomic E-state index is 0.0878. The topological polar surface area (TPSA) is 6.48 Å². The van der Waals surface area contributed by atoms with Crippen LogP contribution >= 0.6 is 0 Å². The first-order chi connectivity index (χ1) is 27.1. The molecule has 0 saturated carbocycles. The number of benzene rings is 6. The van der Waals surface area contributed by atoms with Crippen LogP contribution in [0.5, 0.6) is 0 Å². The number of nitrogens with zero attached hydrogens (tertiary/aromatic N) is 2. The van der Waals surface area contributed by atoms with Crippen LogP contribution in [0.15, 0.2) is 115 Å². The third kappa shape index (κ3) is 5.44. The quantitative estimate of drug-likeness (QED) is 0.166. The summed E-state index contributed by atoms with van der Waals surface area (Å²) in [5, 5.41) is 0. The smallest absolute Gasteiger partial charge is 0.252 e. The van der Waals surface area contributed by atoms with E-state index in [2.05, 4.69) is 194 Å². The zero-order valence-corrected chi connectivity index (χ0v) is 35.8. The normalized spacial score (nSPS) is 18.9. The average Bonchev–Trinajstić information content (AvgIpc) is 3.18. The molecule has 3 heteroatoms. The Labute approximate surface area is 342 Å². The summed E-state index contributed by atoms with van der Waals surface area (Å²) >= 11 is 0. The van der Waals surface area contributed by atoms with E-state index < -0.39 is 0 Å². The molecule has 4 aliphatic rings. The van der Waals surface area contributed by atoms with E-state index in [0.29, 0.717) is 0 Å². The predicted molar refractivity (Wildman–Crippen MR) is 246 cm³/mol.